The summed E-state index contributed by atoms with van der Waals surface area (Å²) in [5.74, 6) is 0. The van der Waals surface area contributed by atoms with Crippen molar-refractivity contribution in [2.24, 2.45) is 5.41 Å². The molecule has 0 aliphatic rings. The van der Waals surface area contributed by atoms with Gasteiger partial charge in [-0.3, -0.25) is 0 Å². The molecule has 1 N–H and O–H groups in total. The summed E-state index contributed by atoms with van der Waals surface area (Å²) in [7, 11) is -0.953. The lowest BCUT2D eigenvalue weighted by Gasteiger charge is -2.23. The van der Waals surface area contributed by atoms with Crippen molar-refractivity contribution < 1.29 is 5.11 Å². The van der Waals surface area contributed by atoms with Gasteiger partial charge in [-0.05, 0) is 31.2 Å². The molecule has 0 aliphatic heterocycles. The van der Waals surface area contributed by atoms with E-state index in [0.717, 1.165) is 12.8 Å². The van der Waals surface area contributed by atoms with Crippen molar-refractivity contribution in [2.75, 3.05) is 6.61 Å². The average Bonchev–Trinajstić information content (AvgIpc) is 1.98. The van der Waals surface area contributed by atoms with E-state index >= 15 is 0 Å². The quantitative estimate of drug-likeness (QED) is 0.537. The van der Waals surface area contributed by atoms with Gasteiger partial charge in [0.15, 0.2) is 0 Å². The van der Waals surface area contributed by atoms with Crippen LogP contribution in [0.5, 0.6) is 0 Å². The van der Waals surface area contributed by atoms with Crippen LogP contribution in [-0.4, -0.2) is 19.8 Å². The van der Waals surface area contributed by atoms with Crippen LogP contribution in [0.2, 0.25) is 25.7 Å². The Morgan fingerprint density at radius 3 is 2.20 bits per heavy atom. The van der Waals surface area contributed by atoms with Gasteiger partial charge in [-0.1, -0.05) is 45.1 Å². The van der Waals surface area contributed by atoms with E-state index in [4.69, 9.17) is 5.11 Å². The number of hydrogen-bond donors (Lipinski definition) is 1. The average molecular weight is 228 g/mol. The molecule has 0 bridgehead atoms. The van der Waals surface area contributed by atoms with E-state index in [1.54, 1.807) is 0 Å². The smallest absolute Gasteiger partial charge is 0.0483 e. The van der Waals surface area contributed by atoms with Gasteiger partial charge >= 0.3 is 0 Å². The van der Waals surface area contributed by atoms with E-state index in [1.807, 2.05) is 0 Å². The molecule has 0 spiro atoms. The molecule has 1 nitrogen and oxygen atoms in total. The Kier molecular flexibility index (Phi) is 5.82. The molecule has 0 aromatic heterocycles. The molecule has 0 saturated heterocycles. The normalized spacial score (nSPS) is 14.5. The Labute approximate surface area is 96.6 Å². The summed E-state index contributed by atoms with van der Waals surface area (Å²) < 4.78 is 0. The fourth-order valence-electron chi connectivity index (χ4n) is 1.76. The lowest BCUT2D eigenvalue weighted by Crippen LogP contribution is -2.19. The highest BCUT2D eigenvalue weighted by Gasteiger charge is 2.17. The topological polar surface area (TPSA) is 20.2 Å². The minimum atomic E-state index is -0.953. The standard InChI is InChI=1S/C13H28OSi/c1-12(11-15(4,5)6)7-8-13(2,3)9-10-14/h7,14H,8-11H2,1-6H3/b12-7+. The van der Waals surface area contributed by atoms with Crippen LogP contribution in [0.3, 0.4) is 0 Å². The molecule has 2 heteroatoms. The number of rotatable bonds is 6. The maximum atomic E-state index is 8.94. The molecule has 0 heterocycles. The maximum absolute atomic E-state index is 8.94. The Balaban J connectivity index is 4.16. The Hall–Kier alpha value is -0.0831. The van der Waals surface area contributed by atoms with Crippen molar-refractivity contribution in [2.45, 2.75) is 59.3 Å². The zero-order chi connectivity index (χ0) is 12.1. The zero-order valence-electron chi connectivity index (χ0n) is 11.4. The molecule has 0 rings (SSSR count). The van der Waals surface area contributed by atoms with Gasteiger partial charge in [0.1, 0.15) is 0 Å². The number of aliphatic hydroxyl groups is 1. The molecule has 0 atom stereocenters. The molecule has 15 heavy (non-hydrogen) atoms. The molecule has 0 radical (unpaired) electrons. The number of allylic oxidation sites excluding steroid dienone is 2. The minimum absolute atomic E-state index is 0.245. The van der Waals surface area contributed by atoms with Crippen LogP contribution in [0.15, 0.2) is 11.6 Å². The van der Waals surface area contributed by atoms with E-state index in [0.29, 0.717) is 6.61 Å². The maximum Gasteiger partial charge on any atom is 0.0483 e. The fourth-order valence-corrected chi connectivity index (χ4v) is 3.58. The van der Waals surface area contributed by atoms with Crippen LogP contribution in [0.4, 0.5) is 0 Å². The lowest BCUT2D eigenvalue weighted by molar-refractivity contribution is 0.213. The van der Waals surface area contributed by atoms with Gasteiger partial charge in [-0.25, -0.2) is 0 Å². The summed E-state index contributed by atoms with van der Waals surface area (Å²) >= 11 is 0. The first-order valence-electron chi connectivity index (χ1n) is 5.93. The van der Waals surface area contributed by atoms with Gasteiger partial charge in [0.25, 0.3) is 0 Å². The van der Waals surface area contributed by atoms with Crippen LogP contribution < -0.4 is 0 Å². The molecule has 0 aromatic rings. The van der Waals surface area contributed by atoms with Crippen LogP contribution in [-0.2, 0) is 0 Å². The third-order valence-corrected chi connectivity index (χ3v) is 4.22. The van der Waals surface area contributed by atoms with E-state index in [-0.39, 0.29) is 5.41 Å². The van der Waals surface area contributed by atoms with Gasteiger partial charge in [0.2, 0.25) is 0 Å². The van der Waals surface area contributed by atoms with Gasteiger partial charge < -0.3 is 5.11 Å². The van der Waals surface area contributed by atoms with Gasteiger partial charge in [-0.2, -0.15) is 0 Å². The Morgan fingerprint density at radius 1 is 1.27 bits per heavy atom. The highest BCUT2D eigenvalue weighted by atomic mass is 28.3. The first-order valence-corrected chi connectivity index (χ1v) is 9.63. The van der Waals surface area contributed by atoms with Gasteiger partial charge in [0.05, 0.1) is 0 Å². The van der Waals surface area contributed by atoms with Gasteiger partial charge in [0, 0.05) is 14.7 Å². The van der Waals surface area contributed by atoms with Crippen molar-refractivity contribution in [3.8, 4) is 0 Å². The summed E-state index contributed by atoms with van der Waals surface area (Å²) in [5, 5.41) is 8.94. The number of hydrogen-bond acceptors (Lipinski definition) is 1. The first-order chi connectivity index (χ1) is 6.66. The first kappa shape index (κ1) is 14.9. The van der Waals surface area contributed by atoms with E-state index < -0.39 is 8.07 Å². The van der Waals surface area contributed by atoms with Crippen molar-refractivity contribution in [3.05, 3.63) is 11.6 Å². The molecule has 0 aliphatic carbocycles. The fraction of sp³-hybridized carbons (Fsp3) is 0.846. The van der Waals surface area contributed by atoms with Crippen molar-refractivity contribution in [1.29, 1.82) is 0 Å². The van der Waals surface area contributed by atoms with Gasteiger partial charge in [-0.15, -0.1) is 0 Å². The third-order valence-electron chi connectivity index (χ3n) is 2.60. The summed E-state index contributed by atoms with van der Waals surface area (Å²) in [4.78, 5) is 0. The molecule has 0 unspecified atom stereocenters. The summed E-state index contributed by atoms with van der Waals surface area (Å²) in [6.45, 7) is 14.2. The van der Waals surface area contributed by atoms with Crippen LogP contribution >= 0.6 is 0 Å². The summed E-state index contributed by atoms with van der Waals surface area (Å²) in [6, 6.07) is 1.29. The van der Waals surface area contributed by atoms with Crippen molar-refractivity contribution in [3.63, 3.8) is 0 Å². The molecule has 0 amide bonds. The van der Waals surface area contributed by atoms with Crippen molar-refractivity contribution >= 4 is 8.07 Å². The molecule has 0 saturated carbocycles. The number of aliphatic hydroxyl groups excluding tert-OH is 1. The second-order valence-corrected chi connectivity index (χ2v) is 12.1. The highest BCUT2D eigenvalue weighted by Crippen LogP contribution is 2.27. The SMILES string of the molecule is C/C(=C\CC(C)(C)CCO)C[Si](C)(C)C. The molecule has 90 valence electrons. The van der Waals surface area contributed by atoms with Crippen molar-refractivity contribution in [1.82, 2.24) is 0 Å². The molecule has 0 fully saturated rings. The van der Waals surface area contributed by atoms with Crippen LogP contribution in [0.25, 0.3) is 0 Å². The Bertz CT molecular complexity index is 211. The second-order valence-electron chi connectivity index (χ2n) is 6.63. The molecular weight excluding hydrogens is 200 g/mol. The predicted molar refractivity (Wildman–Crippen MR) is 72.0 cm³/mol. The second kappa shape index (κ2) is 5.85. The zero-order valence-corrected chi connectivity index (χ0v) is 12.4. The predicted octanol–water partition coefficient (Wildman–Crippen LogP) is 4.07. The third kappa shape index (κ3) is 8.88. The van der Waals surface area contributed by atoms with E-state index in [2.05, 4.69) is 46.5 Å². The van der Waals surface area contributed by atoms with Crippen LogP contribution in [0, 0.1) is 5.41 Å². The minimum Gasteiger partial charge on any atom is -0.396 e. The molecular formula is C13H28OSi. The lowest BCUT2D eigenvalue weighted by atomic mass is 9.85. The largest absolute Gasteiger partial charge is 0.396 e. The molecule has 0 aromatic carbocycles. The summed E-state index contributed by atoms with van der Waals surface area (Å²) in [6.07, 6.45) is 4.35. The van der Waals surface area contributed by atoms with Crippen LogP contribution in [0.1, 0.15) is 33.6 Å². The highest BCUT2D eigenvalue weighted by molar-refractivity contribution is 6.76. The van der Waals surface area contributed by atoms with E-state index in [1.165, 1.54) is 11.6 Å². The Morgan fingerprint density at radius 2 is 1.80 bits per heavy atom. The monoisotopic (exact) mass is 228 g/mol. The van der Waals surface area contributed by atoms with E-state index in [9.17, 15) is 0 Å². The summed E-state index contributed by atoms with van der Waals surface area (Å²) in [5.41, 5.74) is 1.77.